The summed E-state index contributed by atoms with van der Waals surface area (Å²) in [7, 11) is 0. The molecule has 0 aliphatic carbocycles. The van der Waals surface area contributed by atoms with E-state index in [1.54, 1.807) is 0 Å². The highest BCUT2D eigenvalue weighted by Gasteiger charge is 1.96. The van der Waals surface area contributed by atoms with Crippen molar-refractivity contribution in [1.29, 1.82) is 0 Å². The van der Waals surface area contributed by atoms with Crippen LogP contribution in [0.4, 0.5) is 8.78 Å². The van der Waals surface area contributed by atoms with Crippen LogP contribution in [0, 0.1) is 11.6 Å². The number of nitrogens with one attached hydrogen (secondary N) is 1. The molecule has 1 aliphatic heterocycles. The molecule has 78 valence electrons. The first-order valence-corrected chi connectivity index (χ1v) is 4.54. The van der Waals surface area contributed by atoms with Crippen LogP contribution < -0.4 is 5.32 Å². The van der Waals surface area contributed by atoms with Gasteiger partial charge in [-0.2, -0.15) is 0 Å². The van der Waals surface area contributed by atoms with Crippen LogP contribution in [0.15, 0.2) is 18.2 Å². The van der Waals surface area contributed by atoms with Gasteiger partial charge in [-0.3, -0.25) is 0 Å². The van der Waals surface area contributed by atoms with Crippen LogP contribution >= 0.6 is 0 Å². The molecule has 0 atom stereocenters. The fourth-order valence-electron chi connectivity index (χ4n) is 1.16. The van der Waals surface area contributed by atoms with E-state index in [1.807, 2.05) is 0 Å². The molecule has 0 unspecified atom stereocenters. The molecular formula is C10H13F2NO. The number of phenolic OH excluding ortho intramolecular Hbond substituents is 1. The van der Waals surface area contributed by atoms with Gasteiger partial charge in [0.15, 0.2) is 0 Å². The van der Waals surface area contributed by atoms with Crippen molar-refractivity contribution in [2.75, 3.05) is 13.1 Å². The van der Waals surface area contributed by atoms with Crippen LogP contribution in [-0.4, -0.2) is 18.2 Å². The summed E-state index contributed by atoms with van der Waals surface area (Å²) in [6.07, 6.45) is 2.78. The Balaban J connectivity index is 0.000000165. The Bertz CT molecular complexity index is 229. The van der Waals surface area contributed by atoms with Crippen LogP contribution in [0.2, 0.25) is 0 Å². The van der Waals surface area contributed by atoms with Crippen LogP contribution in [0.1, 0.15) is 12.8 Å². The molecule has 2 rings (SSSR count). The molecule has 0 aromatic heterocycles. The Kier molecular flexibility index (Phi) is 4.32. The molecule has 0 saturated carbocycles. The second kappa shape index (κ2) is 5.54. The van der Waals surface area contributed by atoms with Gasteiger partial charge in [0, 0.05) is 18.2 Å². The largest absolute Gasteiger partial charge is 0.508 e. The highest BCUT2D eigenvalue weighted by Crippen LogP contribution is 2.12. The summed E-state index contributed by atoms with van der Waals surface area (Å²) < 4.78 is 24.1. The summed E-state index contributed by atoms with van der Waals surface area (Å²) in [4.78, 5) is 0. The zero-order valence-electron chi connectivity index (χ0n) is 7.76. The Morgan fingerprint density at radius 3 is 1.79 bits per heavy atom. The lowest BCUT2D eigenvalue weighted by molar-refractivity contribution is 0.460. The summed E-state index contributed by atoms with van der Waals surface area (Å²) in [6.45, 7) is 2.50. The molecule has 1 aliphatic rings. The summed E-state index contributed by atoms with van der Waals surface area (Å²) in [5.74, 6) is -1.94. The molecule has 1 fully saturated rings. The number of phenols is 1. The standard InChI is InChI=1S/C6H4F2O.C4H9N/c7-4-1-5(8)3-6(9)2-4;1-2-4-5-3-1/h1-3,9H;5H,1-4H2. The third-order valence-electron chi connectivity index (χ3n) is 1.80. The zero-order valence-corrected chi connectivity index (χ0v) is 7.76. The lowest BCUT2D eigenvalue weighted by Gasteiger charge is -1.90. The highest BCUT2D eigenvalue weighted by atomic mass is 19.1. The quantitative estimate of drug-likeness (QED) is 0.673. The summed E-state index contributed by atoms with van der Waals surface area (Å²) in [5.41, 5.74) is 0. The average Bonchev–Trinajstić information content (AvgIpc) is 2.56. The molecule has 1 aromatic rings. The fraction of sp³-hybridized carbons (Fsp3) is 0.400. The van der Waals surface area contributed by atoms with E-state index in [1.165, 1.54) is 25.9 Å². The first-order valence-electron chi connectivity index (χ1n) is 4.54. The van der Waals surface area contributed by atoms with Crippen LogP contribution in [0.5, 0.6) is 5.75 Å². The van der Waals surface area contributed by atoms with Crippen molar-refractivity contribution in [1.82, 2.24) is 5.32 Å². The van der Waals surface area contributed by atoms with Gasteiger partial charge in [-0.1, -0.05) is 0 Å². The minimum absolute atomic E-state index is 0.396. The van der Waals surface area contributed by atoms with Gasteiger partial charge in [0.2, 0.25) is 0 Å². The molecule has 0 radical (unpaired) electrons. The maximum absolute atomic E-state index is 12.0. The third-order valence-corrected chi connectivity index (χ3v) is 1.80. The van der Waals surface area contributed by atoms with E-state index in [-0.39, 0.29) is 0 Å². The minimum Gasteiger partial charge on any atom is -0.508 e. The van der Waals surface area contributed by atoms with E-state index in [0.29, 0.717) is 6.07 Å². The third kappa shape index (κ3) is 4.18. The molecule has 2 N–H and O–H groups in total. The number of hydrogen-bond acceptors (Lipinski definition) is 2. The molecule has 0 spiro atoms. The van der Waals surface area contributed by atoms with E-state index < -0.39 is 17.4 Å². The number of hydrogen-bond donors (Lipinski definition) is 2. The minimum atomic E-state index is -0.771. The van der Waals surface area contributed by atoms with E-state index in [9.17, 15) is 8.78 Å². The van der Waals surface area contributed by atoms with Crippen molar-refractivity contribution in [3.63, 3.8) is 0 Å². The molecule has 1 saturated heterocycles. The number of aromatic hydroxyl groups is 1. The monoisotopic (exact) mass is 201 g/mol. The van der Waals surface area contributed by atoms with Crippen molar-refractivity contribution >= 4 is 0 Å². The molecule has 2 nitrogen and oxygen atoms in total. The van der Waals surface area contributed by atoms with Gasteiger partial charge < -0.3 is 10.4 Å². The maximum Gasteiger partial charge on any atom is 0.129 e. The van der Waals surface area contributed by atoms with Crippen molar-refractivity contribution in [2.45, 2.75) is 12.8 Å². The van der Waals surface area contributed by atoms with Gasteiger partial charge in [-0.15, -0.1) is 0 Å². The van der Waals surface area contributed by atoms with E-state index in [2.05, 4.69) is 5.32 Å². The van der Waals surface area contributed by atoms with E-state index in [0.717, 1.165) is 12.1 Å². The van der Waals surface area contributed by atoms with E-state index >= 15 is 0 Å². The number of benzene rings is 1. The number of rotatable bonds is 0. The first kappa shape index (κ1) is 10.9. The summed E-state index contributed by atoms with van der Waals surface area (Å²) in [6, 6.07) is 2.37. The zero-order chi connectivity index (χ0) is 10.4. The summed E-state index contributed by atoms with van der Waals surface area (Å²) in [5, 5.41) is 11.7. The Morgan fingerprint density at radius 1 is 1.00 bits per heavy atom. The smallest absolute Gasteiger partial charge is 0.129 e. The molecule has 1 heterocycles. The SMILES string of the molecule is C1CCNC1.Oc1cc(F)cc(F)c1. The predicted molar refractivity (Wildman–Crippen MR) is 50.1 cm³/mol. The van der Waals surface area contributed by atoms with Gasteiger partial charge in [-0.25, -0.2) is 8.78 Å². The van der Waals surface area contributed by atoms with Gasteiger partial charge in [-0.05, 0) is 25.9 Å². The second-order valence-electron chi connectivity index (χ2n) is 3.08. The van der Waals surface area contributed by atoms with Gasteiger partial charge in [0.25, 0.3) is 0 Å². The van der Waals surface area contributed by atoms with Crippen LogP contribution in [0.3, 0.4) is 0 Å². The molecular weight excluding hydrogens is 188 g/mol. The second-order valence-corrected chi connectivity index (χ2v) is 3.08. The molecule has 1 aromatic carbocycles. The molecule has 0 amide bonds. The van der Waals surface area contributed by atoms with Gasteiger partial charge in [0.05, 0.1) is 0 Å². The lowest BCUT2D eigenvalue weighted by atomic mass is 10.3. The van der Waals surface area contributed by atoms with Crippen molar-refractivity contribution < 1.29 is 13.9 Å². The van der Waals surface area contributed by atoms with Crippen molar-refractivity contribution in [3.05, 3.63) is 29.8 Å². The van der Waals surface area contributed by atoms with Gasteiger partial charge >= 0.3 is 0 Å². The maximum atomic E-state index is 12.0. The van der Waals surface area contributed by atoms with Gasteiger partial charge in [0.1, 0.15) is 17.4 Å². The topological polar surface area (TPSA) is 32.3 Å². The normalized spacial score (nSPS) is 14.7. The predicted octanol–water partition coefficient (Wildman–Crippen LogP) is 2.04. The lowest BCUT2D eigenvalue weighted by Crippen LogP contribution is -2.03. The summed E-state index contributed by atoms with van der Waals surface area (Å²) >= 11 is 0. The highest BCUT2D eigenvalue weighted by molar-refractivity contribution is 5.21. The molecule has 4 heteroatoms. The molecule has 14 heavy (non-hydrogen) atoms. The Labute approximate surface area is 81.6 Å². The average molecular weight is 201 g/mol. The molecule has 0 bridgehead atoms. The van der Waals surface area contributed by atoms with Crippen LogP contribution in [0.25, 0.3) is 0 Å². The number of halogens is 2. The van der Waals surface area contributed by atoms with Crippen molar-refractivity contribution in [3.8, 4) is 5.75 Å². The first-order chi connectivity index (χ1) is 6.68. The van der Waals surface area contributed by atoms with Crippen molar-refractivity contribution in [2.24, 2.45) is 0 Å². The fourth-order valence-corrected chi connectivity index (χ4v) is 1.16. The van der Waals surface area contributed by atoms with Crippen LogP contribution in [-0.2, 0) is 0 Å². The Morgan fingerprint density at radius 2 is 1.50 bits per heavy atom. The Hall–Kier alpha value is -1.16. The van der Waals surface area contributed by atoms with E-state index in [4.69, 9.17) is 5.11 Å².